The number of imide groups is 1. The van der Waals surface area contributed by atoms with E-state index in [9.17, 15) is 9.59 Å². The lowest BCUT2D eigenvalue weighted by molar-refractivity contribution is -0.132. The smallest absolute Gasteiger partial charge is 0.322 e. The van der Waals surface area contributed by atoms with E-state index >= 15 is 0 Å². The minimum absolute atomic E-state index is 0.0901. The highest BCUT2D eigenvalue weighted by molar-refractivity contribution is 6.07. The normalized spacial score (nSPS) is 25.4. The van der Waals surface area contributed by atoms with E-state index in [1.165, 1.54) is 4.90 Å². The highest BCUT2D eigenvalue weighted by atomic mass is 16.2. The van der Waals surface area contributed by atoms with E-state index in [0.29, 0.717) is 25.6 Å². The third-order valence-electron chi connectivity index (χ3n) is 4.64. The zero-order valence-electron chi connectivity index (χ0n) is 14.2. The molecule has 0 aliphatic carbocycles. The van der Waals surface area contributed by atoms with Crippen molar-refractivity contribution in [2.75, 3.05) is 13.1 Å². The van der Waals surface area contributed by atoms with Gasteiger partial charge in [0.15, 0.2) is 0 Å². The molecular weight excluding hydrogens is 294 g/mol. The van der Waals surface area contributed by atoms with E-state index in [4.69, 9.17) is 0 Å². The molecule has 1 aromatic heterocycles. The van der Waals surface area contributed by atoms with Gasteiger partial charge in [-0.2, -0.15) is 5.10 Å². The van der Waals surface area contributed by atoms with Crippen molar-refractivity contribution in [2.45, 2.75) is 58.3 Å². The molecule has 3 heterocycles. The van der Waals surface area contributed by atoms with Crippen molar-refractivity contribution < 1.29 is 9.59 Å². The number of amides is 3. The van der Waals surface area contributed by atoms with Crippen LogP contribution in [0.1, 0.15) is 45.9 Å². The molecule has 126 valence electrons. The third-order valence-corrected chi connectivity index (χ3v) is 4.64. The van der Waals surface area contributed by atoms with Crippen molar-refractivity contribution in [1.29, 1.82) is 0 Å². The van der Waals surface area contributed by atoms with Crippen molar-refractivity contribution >= 4 is 11.9 Å². The predicted octanol–water partition coefficient (Wildman–Crippen LogP) is 1.37. The third kappa shape index (κ3) is 2.73. The Bertz CT molecular complexity index is 624. The van der Waals surface area contributed by atoms with Gasteiger partial charge in [0, 0.05) is 37.9 Å². The molecule has 7 nitrogen and oxygen atoms in total. The second-order valence-corrected chi connectivity index (χ2v) is 7.12. The number of nitrogens with zero attached hydrogens (tertiary/aromatic N) is 4. The average molecular weight is 319 g/mol. The quantitative estimate of drug-likeness (QED) is 0.851. The number of aromatic nitrogens is 2. The monoisotopic (exact) mass is 319 g/mol. The molecule has 0 unspecified atom stereocenters. The summed E-state index contributed by atoms with van der Waals surface area (Å²) in [6.45, 7) is 9.95. The molecule has 1 atom stereocenters. The minimum atomic E-state index is -0.748. The van der Waals surface area contributed by atoms with E-state index in [0.717, 1.165) is 12.2 Å². The van der Waals surface area contributed by atoms with Crippen LogP contribution in [0.4, 0.5) is 4.79 Å². The van der Waals surface area contributed by atoms with Crippen molar-refractivity contribution in [3.05, 3.63) is 18.0 Å². The Morgan fingerprint density at radius 2 is 2.00 bits per heavy atom. The molecular formula is C16H25N5O2. The summed E-state index contributed by atoms with van der Waals surface area (Å²) in [6.07, 6.45) is 2.64. The molecule has 2 saturated heterocycles. The summed E-state index contributed by atoms with van der Waals surface area (Å²) < 4.78 is 1.93. The summed E-state index contributed by atoms with van der Waals surface area (Å²) in [5.74, 6) is -0.0901. The molecule has 0 bridgehead atoms. The SMILES string of the molecule is CC(C)N1C(=O)N[C@]2(CCN(Cc3ccn(C(C)C)n3)C2)C1=O. The van der Waals surface area contributed by atoms with Gasteiger partial charge >= 0.3 is 6.03 Å². The average Bonchev–Trinajstić information content (AvgIpc) is 3.12. The molecule has 0 radical (unpaired) electrons. The molecule has 2 fully saturated rings. The van der Waals surface area contributed by atoms with Crippen LogP contribution in [0.25, 0.3) is 0 Å². The van der Waals surface area contributed by atoms with Gasteiger partial charge in [-0.1, -0.05) is 0 Å². The summed E-state index contributed by atoms with van der Waals surface area (Å²) >= 11 is 0. The van der Waals surface area contributed by atoms with E-state index < -0.39 is 5.54 Å². The number of rotatable bonds is 4. The molecule has 2 aliphatic heterocycles. The van der Waals surface area contributed by atoms with Gasteiger partial charge in [0.25, 0.3) is 5.91 Å². The van der Waals surface area contributed by atoms with Crippen molar-refractivity contribution in [1.82, 2.24) is 24.9 Å². The lowest BCUT2D eigenvalue weighted by atomic mass is 9.98. The van der Waals surface area contributed by atoms with Gasteiger partial charge in [0.05, 0.1) is 5.69 Å². The molecule has 2 aliphatic rings. The highest BCUT2D eigenvalue weighted by Crippen LogP contribution is 2.30. The fourth-order valence-electron chi connectivity index (χ4n) is 3.39. The van der Waals surface area contributed by atoms with Gasteiger partial charge in [-0.05, 0) is 40.2 Å². The molecule has 0 saturated carbocycles. The highest BCUT2D eigenvalue weighted by Gasteiger charge is 2.55. The number of nitrogens with one attached hydrogen (secondary N) is 1. The van der Waals surface area contributed by atoms with Crippen molar-refractivity contribution in [2.24, 2.45) is 0 Å². The number of carbonyl (C=O) groups excluding carboxylic acids is 2. The molecule has 7 heteroatoms. The molecule has 1 spiro atoms. The first kappa shape index (κ1) is 16.0. The number of carbonyl (C=O) groups is 2. The molecule has 3 amide bonds. The van der Waals surface area contributed by atoms with Crippen LogP contribution < -0.4 is 5.32 Å². The van der Waals surface area contributed by atoms with Crippen LogP contribution in [0.2, 0.25) is 0 Å². The first-order valence-electron chi connectivity index (χ1n) is 8.24. The van der Waals surface area contributed by atoms with Crippen LogP contribution in [0, 0.1) is 0 Å². The largest absolute Gasteiger partial charge is 0.325 e. The molecule has 23 heavy (non-hydrogen) atoms. The molecule has 1 N–H and O–H groups in total. The van der Waals surface area contributed by atoms with Gasteiger partial charge in [-0.25, -0.2) is 4.79 Å². The number of likely N-dealkylation sites (tertiary alicyclic amines) is 1. The van der Waals surface area contributed by atoms with Crippen LogP contribution in [0.3, 0.4) is 0 Å². The Labute approximate surface area is 136 Å². The summed E-state index contributed by atoms with van der Waals surface area (Å²) in [4.78, 5) is 28.3. The molecule has 1 aromatic rings. The van der Waals surface area contributed by atoms with E-state index in [-0.39, 0.29) is 18.0 Å². The number of hydrogen-bond donors (Lipinski definition) is 1. The van der Waals surface area contributed by atoms with Crippen LogP contribution >= 0.6 is 0 Å². The first-order valence-corrected chi connectivity index (χ1v) is 8.24. The Morgan fingerprint density at radius 1 is 1.26 bits per heavy atom. The van der Waals surface area contributed by atoms with Crippen LogP contribution in [-0.4, -0.2) is 56.2 Å². The summed E-state index contributed by atoms with van der Waals surface area (Å²) in [6, 6.07) is 1.97. The number of urea groups is 1. The summed E-state index contributed by atoms with van der Waals surface area (Å²) in [5.41, 5.74) is 0.246. The first-order chi connectivity index (χ1) is 10.8. The lowest BCUT2D eigenvalue weighted by Gasteiger charge is -2.23. The fourth-order valence-corrected chi connectivity index (χ4v) is 3.39. The minimum Gasteiger partial charge on any atom is -0.322 e. The predicted molar refractivity (Wildman–Crippen MR) is 85.8 cm³/mol. The molecule has 0 aromatic carbocycles. The summed E-state index contributed by atoms with van der Waals surface area (Å²) in [7, 11) is 0. The Hall–Kier alpha value is -1.89. The van der Waals surface area contributed by atoms with Gasteiger partial charge in [-0.3, -0.25) is 19.3 Å². The standard InChI is InChI=1S/C16H25N5O2/c1-11(2)20-7-5-13(18-20)9-19-8-6-16(10-19)14(22)21(12(3)4)15(23)17-16/h5,7,11-12H,6,8-10H2,1-4H3,(H,17,23)/t16-/m0/s1. The Balaban J connectivity index is 1.68. The Kier molecular flexibility index (Phi) is 3.91. The van der Waals surface area contributed by atoms with Gasteiger partial charge in [0.2, 0.25) is 0 Å². The topological polar surface area (TPSA) is 70.5 Å². The van der Waals surface area contributed by atoms with Crippen molar-refractivity contribution in [3.63, 3.8) is 0 Å². The maximum absolute atomic E-state index is 12.7. The van der Waals surface area contributed by atoms with Crippen LogP contribution in [0.5, 0.6) is 0 Å². The van der Waals surface area contributed by atoms with E-state index in [1.807, 2.05) is 30.8 Å². The zero-order chi connectivity index (χ0) is 16.8. The second kappa shape index (κ2) is 5.63. The lowest BCUT2D eigenvalue weighted by Crippen LogP contribution is -2.49. The van der Waals surface area contributed by atoms with Gasteiger partial charge in [0.1, 0.15) is 5.54 Å². The maximum atomic E-state index is 12.7. The van der Waals surface area contributed by atoms with Crippen LogP contribution in [-0.2, 0) is 11.3 Å². The van der Waals surface area contributed by atoms with Crippen LogP contribution in [0.15, 0.2) is 12.3 Å². The zero-order valence-corrected chi connectivity index (χ0v) is 14.2. The Morgan fingerprint density at radius 3 is 2.57 bits per heavy atom. The van der Waals surface area contributed by atoms with Crippen molar-refractivity contribution in [3.8, 4) is 0 Å². The van der Waals surface area contributed by atoms with E-state index in [2.05, 4.69) is 29.2 Å². The number of hydrogen-bond acceptors (Lipinski definition) is 4. The summed E-state index contributed by atoms with van der Waals surface area (Å²) in [5, 5.41) is 7.48. The molecule has 3 rings (SSSR count). The van der Waals surface area contributed by atoms with Gasteiger partial charge < -0.3 is 5.32 Å². The van der Waals surface area contributed by atoms with E-state index in [1.54, 1.807) is 0 Å². The fraction of sp³-hybridized carbons (Fsp3) is 0.688. The maximum Gasteiger partial charge on any atom is 0.325 e. The van der Waals surface area contributed by atoms with Gasteiger partial charge in [-0.15, -0.1) is 0 Å². The second-order valence-electron chi connectivity index (χ2n) is 7.12.